The van der Waals surface area contributed by atoms with Gasteiger partial charge in [-0.05, 0) is 48.5 Å². The van der Waals surface area contributed by atoms with Crippen LogP contribution in [0.4, 0.5) is 30.4 Å². The number of sulfonamides is 1. The second-order valence-corrected chi connectivity index (χ2v) is 11.5. The van der Waals surface area contributed by atoms with Gasteiger partial charge in [-0.25, -0.2) is 8.42 Å². The number of nitrogens with zero attached hydrogens (tertiary/aromatic N) is 2. The van der Waals surface area contributed by atoms with Gasteiger partial charge < -0.3 is 14.6 Å². The van der Waals surface area contributed by atoms with E-state index in [2.05, 4.69) is 15.0 Å². The summed E-state index contributed by atoms with van der Waals surface area (Å²) in [5.74, 6) is 0.780. The van der Waals surface area contributed by atoms with Crippen molar-refractivity contribution in [1.29, 1.82) is 5.41 Å². The number of thiophene rings is 1. The van der Waals surface area contributed by atoms with Crippen LogP contribution in [0.3, 0.4) is 0 Å². The van der Waals surface area contributed by atoms with Gasteiger partial charge >= 0.3 is 6.18 Å². The normalized spacial score (nSPS) is 13.8. The van der Waals surface area contributed by atoms with Crippen molar-refractivity contribution in [2.75, 3.05) is 21.6 Å². The van der Waals surface area contributed by atoms with E-state index < -0.39 is 21.8 Å². The molecule has 1 aliphatic heterocycles. The van der Waals surface area contributed by atoms with Crippen molar-refractivity contribution in [3.05, 3.63) is 87.7 Å². The van der Waals surface area contributed by atoms with Gasteiger partial charge in [0, 0.05) is 28.9 Å². The van der Waals surface area contributed by atoms with Gasteiger partial charge in [-0.2, -0.15) is 13.2 Å². The third-order valence-electron chi connectivity index (χ3n) is 5.51. The highest BCUT2D eigenvalue weighted by molar-refractivity contribution is 7.94. The maximum Gasteiger partial charge on any atom is 0.417 e. The Labute approximate surface area is 218 Å². The molecule has 0 saturated heterocycles. The molecule has 37 heavy (non-hydrogen) atoms. The van der Waals surface area contributed by atoms with Crippen molar-refractivity contribution < 1.29 is 26.0 Å². The van der Waals surface area contributed by atoms with Gasteiger partial charge in [0.2, 0.25) is 5.88 Å². The van der Waals surface area contributed by atoms with Crippen LogP contribution < -0.4 is 14.9 Å². The molecule has 0 spiro atoms. The molecule has 0 fully saturated rings. The lowest BCUT2D eigenvalue weighted by molar-refractivity contribution is -0.137. The van der Waals surface area contributed by atoms with Crippen LogP contribution in [0.5, 0.6) is 0 Å². The van der Waals surface area contributed by atoms with Gasteiger partial charge in [0.15, 0.2) is 0 Å². The van der Waals surface area contributed by atoms with E-state index in [1.165, 1.54) is 12.3 Å². The molecule has 1 aliphatic rings. The number of alkyl halides is 3. The predicted molar refractivity (Wildman–Crippen MR) is 135 cm³/mol. The first-order valence-electron chi connectivity index (χ1n) is 10.6. The quantitative estimate of drug-likeness (QED) is 0.263. The van der Waals surface area contributed by atoms with Crippen LogP contribution in [0.2, 0.25) is 5.02 Å². The Bertz CT molecular complexity index is 1580. The number of anilines is 3. The zero-order chi connectivity index (χ0) is 26.4. The maximum absolute atomic E-state index is 12.9. The molecule has 192 valence electrons. The molecule has 1 aromatic carbocycles. The number of nitrogens with one attached hydrogen (secondary N) is 3. The Balaban J connectivity index is 1.27. The van der Waals surface area contributed by atoms with Crippen LogP contribution in [0, 0.1) is 5.41 Å². The second kappa shape index (κ2) is 9.39. The van der Waals surface area contributed by atoms with Crippen molar-refractivity contribution in [2.24, 2.45) is 0 Å². The van der Waals surface area contributed by atoms with E-state index in [4.69, 9.17) is 21.4 Å². The summed E-state index contributed by atoms with van der Waals surface area (Å²) in [6.07, 6.45) is -2.27. The van der Waals surface area contributed by atoms with Gasteiger partial charge in [-0.1, -0.05) is 11.6 Å². The molecule has 0 atom stereocenters. The number of pyridine rings is 1. The number of hydrogen-bond acceptors (Lipinski definition) is 7. The highest BCUT2D eigenvalue weighted by Crippen LogP contribution is 2.33. The van der Waals surface area contributed by atoms with Crippen molar-refractivity contribution in [3.63, 3.8) is 0 Å². The molecule has 0 aliphatic carbocycles. The molecule has 0 bridgehead atoms. The van der Waals surface area contributed by atoms with E-state index in [0.717, 1.165) is 17.4 Å². The summed E-state index contributed by atoms with van der Waals surface area (Å²) >= 11 is 6.94. The smallest absolute Gasteiger partial charge is 0.417 e. The minimum absolute atomic E-state index is 0.0316. The number of fused-ring (bicyclic) bond motifs is 1. The molecule has 0 saturated carbocycles. The molecule has 14 heteroatoms. The number of halogens is 4. The van der Waals surface area contributed by atoms with E-state index in [1.54, 1.807) is 41.3 Å². The lowest BCUT2D eigenvalue weighted by Gasteiger charge is -2.29. The third kappa shape index (κ3) is 5.15. The second-order valence-electron chi connectivity index (χ2n) is 7.98. The standard InChI is InChI=1S/C23H17ClF3N5O3S2/c24-18-9-13(23(25,26)27)11-29-19(18)10-16-5-6-20(36-16)37(33,34)31-14-1-3-15(4-2-14)32-12-30-22-17(21(32)28)7-8-35-22/h1-9,11,28,30-31H,10,12H2. The van der Waals surface area contributed by atoms with Crippen LogP contribution in [0.1, 0.15) is 21.7 Å². The number of aromatic nitrogens is 1. The monoisotopic (exact) mass is 567 g/mol. The average molecular weight is 568 g/mol. The van der Waals surface area contributed by atoms with Crippen LogP contribution in [-0.2, 0) is 22.6 Å². The maximum atomic E-state index is 12.9. The lowest BCUT2D eigenvalue weighted by Crippen LogP contribution is -2.39. The minimum Gasteiger partial charge on any atom is -0.448 e. The lowest BCUT2D eigenvalue weighted by atomic mass is 10.2. The number of hydrogen-bond donors (Lipinski definition) is 3. The highest BCUT2D eigenvalue weighted by atomic mass is 35.5. The average Bonchev–Trinajstić information content (AvgIpc) is 3.51. The Kier molecular flexibility index (Phi) is 6.38. The van der Waals surface area contributed by atoms with Crippen LogP contribution in [0.25, 0.3) is 0 Å². The van der Waals surface area contributed by atoms with Crippen LogP contribution >= 0.6 is 22.9 Å². The Morgan fingerprint density at radius 2 is 1.95 bits per heavy atom. The molecule has 8 nitrogen and oxygen atoms in total. The summed E-state index contributed by atoms with van der Waals surface area (Å²) in [4.78, 5) is 6.08. The number of amidine groups is 1. The Hall–Kier alpha value is -3.55. The van der Waals surface area contributed by atoms with E-state index in [1.807, 2.05) is 0 Å². The SMILES string of the molecule is N=C1c2ccoc2NCN1c1ccc(NS(=O)(=O)c2ccc(Cc3ncc(C(F)(F)F)cc3Cl)s2)cc1. The van der Waals surface area contributed by atoms with Crippen molar-refractivity contribution in [2.45, 2.75) is 16.8 Å². The van der Waals surface area contributed by atoms with Crippen LogP contribution in [0.15, 0.2) is 69.6 Å². The first kappa shape index (κ1) is 25.1. The van der Waals surface area contributed by atoms with E-state index in [0.29, 0.717) is 40.6 Å². The van der Waals surface area contributed by atoms with E-state index in [9.17, 15) is 21.6 Å². The topological polar surface area (TPSA) is 111 Å². The van der Waals surface area contributed by atoms with Crippen molar-refractivity contribution in [1.82, 2.24) is 4.98 Å². The largest absolute Gasteiger partial charge is 0.448 e. The van der Waals surface area contributed by atoms with Crippen molar-refractivity contribution >= 4 is 56.1 Å². The molecular weight excluding hydrogens is 551 g/mol. The van der Waals surface area contributed by atoms with E-state index in [-0.39, 0.29) is 27.2 Å². The minimum atomic E-state index is -4.56. The number of furan rings is 1. The van der Waals surface area contributed by atoms with Gasteiger partial charge in [-0.15, -0.1) is 11.3 Å². The molecule has 0 radical (unpaired) electrons. The third-order valence-corrected chi connectivity index (χ3v) is 8.79. The Morgan fingerprint density at radius 1 is 1.19 bits per heavy atom. The van der Waals surface area contributed by atoms with E-state index >= 15 is 0 Å². The molecule has 4 aromatic rings. The summed E-state index contributed by atoms with van der Waals surface area (Å²) in [7, 11) is -3.92. The molecule has 0 amide bonds. The summed E-state index contributed by atoms with van der Waals surface area (Å²) in [5.41, 5.74) is 0.894. The molecule has 0 unspecified atom stereocenters. The predicted octanol–water partition coefficient (Wildman–Crippen LogP) is 6.01. The summed E-state index contributed by atoms with van der Waals surface area (Å²) < 4.78 is 72.1. The van der Waals surface area contributed by atoms with Gasteiger partial charge in [0.05, 0.1) is 34.8 Å². The molecule has 3 N–H and O–H groups in total. The Morgan fingerprint density at radius 3 is 2.65 bits per heavy atom. The van der Waals surface area contributed by atoms with Gasteiger partial charge in [-0.3, -0.25) is 15.1 Å². The molecule has 4 heterocycles. The fourth-order valence-corrected chi connectivity index (χ4v) is 6.31. The molecular formula is C23H17ClF3N5O3S2. The zero-order valence-corrected chi connectivity index (χ0v) is 21.0. The molecule has 5 rings (SSSR count). The number of rotatable bonds is 6. The number of benzene rings is 1. The summed E-state index contributed by atoms with van der Waals surface area (Å²) in [6.45, 7) is 0.320. The van der Waals surface area contributed by atoms with Crippen molar-refractivity contribution in [3.8, 4) is 0 Å². The first-order valence-corrected chi connectivity index (χ1v) is 13.3. The molecule has 3 aromatic heterocycles. The summed E-state index contributed by atoms with van der Waals surface area (Å²) in [5, 5.41) is 11.3. The zero-order valence-electron chi connectivity index (χ0n) is 18.6. The van der Waals surface area contributed by atoms with Gasteiger partial charge in [0.25, 0.3) is 10.0 Å². The van der Waals surface area contributed by atoms with Gasteiger partial charge in [0.1, 0.15) is 10.0 Å². The fraction of sp³-hybridized carbons (Fsp3) is 0.130. The fourth-order valence-electron chi connectivity index (χ4n) is 3.66. The highest BCUT2D eigenvalue weighted by Gasteiger charge is 2.31. The van der Waals surface area contributed by atoms with Crippen LogP contribution in [-0.4, -0.2) is 25.9 Å². The summed E-state index contributed by atoms with van der Waals surface area (Å²) in [6, 6.07) is 12.0. The first-order chi connectivity index (χ1) is 17.5.